The Bertz CT molecular complexity index is 685. The number of rotatable bonds is 6. The van der Waals surface area contributed by atoms with E-state index in [0.29, 0.717) is 17.2 Å². The lowest BCUT2D eigenvalue weighted by molar-refractivity contribution is -0.385. The Balaban J connectivity index is 2.07. The number of nitro benzene ring substituents is 1. The number of thiazole rings is 1. The molecule has 0 fully saturated rings. The summed E-state index contributed by atoms with van der Waals surface area (Å²) in [6, 6.07) is 5.99. The van der Waals surface area contributed by atoms with E-state index in [1.807, 2.05) is 0 Å². The van der Waals surface area contributed by atoms with E-state index in [-0.39, 0.29) is 11.4 Å². The van der Waals surface area contributed by atoms with Crippen molar-refractivity contribution in [2.75, 3.05) is 7.11 Å². The normalized spacial score (nSPS) is 11.9. The van der Waals surface area contributed by atoms with Gasteiger partial charge in [0.2, 0.25) is 0 Å². The highest BCUT2D eigenvalue weighted by molar-refractivity contribution is 7.09. The Hall–Kier alpha value is -2.32. The smallest absolute Gasteiger partial charge is 0.358 e. The Morgan fingerprint density at radius 2 is 2.27 bits per heavy atom. The van der Waals surface area contributed by atoms with Gasteiger partial charge in [-0.15, -0.1) is 11.3 Å². The molecule has 0 amide bonds. The van der Waals surface area contributed by atoms with Gasteiger partial charge in [-0.25, -0.2) is 9.78 Å². The van der Waals surface area contributed by atoms with E-state index in [2.05, 4.69) is 4.98 Å². The minimum atomic E-state index is -0.611. The number of hydrogen-bond acceptors (Lipinski definition) is 7. The minimum absolute atomic E-state index is 0.0450. The summed E-state index contributed by atoms with van der Waals surface area (Å²) in [6.45, 7) is 1.98. The molecule has 0 radical (unpaired) electrons. The van der Waals surface area contributed by atoms with Gasteiger partial charge in [0.15, 0.2) is 5.69 Å². The van der Waals surface area contributed by atoms with Crippen LogP contribution in [0, 0.1) is 10.1 Å². The molecule has 1 aromatic heterocycles. The third-order valence-electron chi connectivity index (χ3n) is 2.86. The molecule has 2 rings (SSSR count). The third kappa shape index (κ3) is 3.86. The van der Waals surface area contributed by atoms with E-state index in [4.69, 9.17) is 9.47 Å². The van der Waals surface area contributed by atoms with Crippen molar-refractivity contribution in [2.24, 2.45) is 0 Å². The number of hydrogen-bond donors (Lipinski definition) is 0. The van der Waals surface area contributed by atoms with Gasteiger partial charge in [0.05, 0.1) is 11.5 Å². The summed E-state index contributed by atoms with van der Waals surface area (Å²) in [7, 11) is 1.55. The molecule has 1 heterocycles. The molecule has 8 heteroatoms. The van der Waals surface area contributed by atoms with Crippen LogP contribution in [0.5, 0.6) is 0 Å². The van der Waals surface area contributed by atoms with Gasteiger partial charge in [0.1, 0.15) is 11.1 Å². The van der Waals surface area contributed by atoms with Crippen molar-refractivity contribution in [1.82, 2.24) is 4.98 Å². The maximum Gasteiger partial charge on any atom is 0.358 e. The lowest BCUT2D eigenvalue weighted by Crippen LogP contribution is -2.10. The number of carbonyl (C=O) groups is 1. The van der Waals surface area contributed by atoms with E-state index in [1.165, 1.54) is 23.5 Å². The molecule has 116 valence electrons. The number of nitro groups is 1. The first-order chi connectivity index (χ1) is 10.5. The summed E-state index contributed by atoms with van der Waals surface area (Å²) in [5, 5.41) is 13.0. The number of aromatic nitrogens is 1. The fraction of sp³-hybridized carbons (Fsp3) is 0.286. The van der Waals surface area contributed by atoms with Gasteiger partial charge in [-0.2, -0.15) is 0 Å². The predicted molar refractivity (Wildman–Crippen MR) is 79.8 cm³/mol. The second-order valence-corrected chi connectivity index (χ2v) is 5.40. The molecule has 7 nitrogen and oxygen atoms in total. The topological polar surface area (TPSA) is 91.6 Å². The quantitative estimate of drug-likeness (QED) is 0.461. The zero-order valence-corrected chi connectivity index (χ0v) is 12.8. The summed E-state index contributed by atoms with van der Waals surface area (Å²) in [4.78, 5) is 26.4. The van der Waals surface area contributed by atoms with Gasteiger partial charge in [0, 0.05) is 24.6 Å². The Labute approximate surface area is 130 Å². The predicted octanol–water partition coefficient (Wildman–Crippen LogP) is 3.12. The van der Waals surface area contributed by atoms with Crippen LogP contribution in [0.2, 0.25) is 0 Å². The van der Waals surface area contributed by atoms with Crippen LogP contribution in [0.3, 0.4) is 0 Å². The Morgan fingerprint density at radius 1 is 1.50 bits per heavy atom. The number of non-ortho nitro benzene ring substituents is 1. The van der Waals surface area contributed by atoms with Crippen LogP contribution in [0.1, 0.15) is 34.1 Å². The van der Waals surface area contributed by atoms with Gasteiger partial charge in [-0.3, -0.25) is 10.1 Å². The van der Waals surface area contributed by atoms with Crippen molar-refractivity contribution in [3.8, 4) is 0 Å². The third-order valence-corrected chi connectivity index (χ3v) is 3.69. The number of ether oxygens (including phenoxy) is 2. The molecule has 0 saturated heterocycles. The summed E-state index contributed by atoms with van der Waals surface area (Å²) in [5.41, 5.74) is 0.709. The van der Waals surface area contributed by atoms with Gasteiger partial charge in [-0.05, 0) is 12.5 Å². The first-order valence-corrected chi connectivity index (χ1v) is 7.28. The fourth-order valence-electron chi connectivity index (χ4n) is 1.77. The van der Waals surface area contributed by atoms with Gasteiger partial charge in [-0.1, -0.05) is 12.1 Å². The van der Waals surface area contributed by atoms with Crippen molar-refractivity contribution >= 4 is 23.0 Å². The molecule has 0 saturated carbocycles. The molecular formula is C14H14N2O5S. The van der Waals surface area contributed by atoms with Crippen LogP contribution in [0.25, 0.3) is 0 Å². The number of carbonyl (C=O) groups excluding carboxylic acids is 1. The van der Waals surface area contributed by atoms with Crippen LogP contribution in [0.4, 0.5) is 5.69 Å². The van der Waals surface area contributed by atoms with Crippen LogP contribution in [-0.4, -0.2) is 23.0 Å². The summed E-state index contributed by atoms with van der Waals surface area (Å²) >= 11 is 1.31. The molecular weight excluding hydrogens is 308 g/mol. The average Bonchev–Trinajstić information content (AvgIpc) is 2.96. The standard InChI is InChI=1S/C14H14N2O5S/c1-9(10-4-3-5-11(6-10)16(18)19)21-14(17)12-8-22-13(15-12)7-20-2/h3-6,8-9H,7H2,1-2H3/t9-/m1/s1. The summed E-state index contributed by atoms with van der Waals surface area (Å²) in [6.07, 6.45) is -0.611. The van der Waals surface area contributed by atoms with Crippen molar-refractivity contribution in [3.05, 3.63) is 56.0 Å². The molecule has 2 aromatic rings. The van der Waals surface area contributed by atoms with E-state index in [0.717, 1.165) is 0 Å². The maximum absolute atomic E-state index is 12.0. The molecule has 1 atom stereocenters. The Morgan fingerprint density at radius 3 is 2.95 bits per heavy atom. The Kier molecular flexibility index (Phi) is 5.18. The van der Waals surface area contributed by atoms with Crippen LogP contribution < -0.4 is 0 Å². The minimum Gasteiger partial charge on any atom is -0.453 e. The van der Waals surface area contributed by atoms with E-state index in [9.17, 15) is 14.9 Å². The van der Waals surface area contributed by atoms with E-state index >= 15 is 0 Å². The van der Waals surface area contributed by atoms with Gasteiger partial charge >= 0.3 is 5.97 Å². The number of esters is 1. The van der Waals surface area contributed by atoms with Gasteiger partial charge in [0.25, 0.3) is 5.69 Å². The molecule has 0 aliphatic carbocycles. The van der Waals surface area contributed by atoms with Crippen molar-refractivity contribution < 1.29 is 19.2 Å². The number of benzene rings is 1. The first-order valence-electron chi connectivity index (χ1n) is 6.40. The second kappa shape index (κ2) is 7.10. The largest absolute Gasteiger partial charge is 0.453 e. The van der Waals surface area contributed by atoms with Crippen molar-refractivity contribution in [1.29, 1.82) is 0 Å². The SMILES string of the molecule is COCc1nc(C(=O)O[C@H](C)c2cccc([N+](=O)[O-])c2)cs1. The second-order valence-electron chi connectivity index (χ2n) is 4.46. The number of methoxy groups -OCH3 is 1. The number of nitrogens with zero attached hydrogens (tertiary/aromatic N) is 2. The van der Waals surface area contributed by atoms with E-state index in [1.54, 1.807) is 31.5 Å². The molecule has 0 aliphatic rings. The van der Waals surface area contributed by atoms with Crippen LogP contribution in [-0.2, 0) is 16.1 Å². The first kappa shape index (κ1) is 16.1. The zero-order chi connectivity index (χ0) is 16.1. The fourth-order valence-corrected chi connectivity index (χ4v) is 2.51. The molecule has 0 N–H and O–H groups in total. The molecule has 1 aromatic carbocycles. The highest BCUT2D eigenvalue weighted by Crippen LogP contribution is 2.23. The average molecular weight is 322 g/mol. The van der Waals surface area contributed by atoms with E-state index < -0.39 is 17.0 Å². The molecule has 0 aliphatic heterocycles. The highest BCUT2D eigenvalue weighted by Gasteiger charge is 2.18. The molecule has 0 bridgehead atoms. The highest BCUT2D eigenvalue weighted by atomic mass is 32.1. The van der Waals surface area contributed by atoms with Crippen LogP contribution in [0.15, 0.2) is 29.6 Å². The monoisotopic (exact) mass is 322 g/mol. The zero-order valence-electron chi connectivity index (χ0n) is 12.0. The van der Waals surface area contributed by atoms with Gasteiger partial charge < -0.3 is 9.47 Å². The molecule has 0 spiro atoms. The maximum atomic E-state index is 12.0. The summed E-state index contributed by atoms with van der Waals surface area (Å²) < 4.78 is 10.2. The molecule has 0 unspecified atom stereocenters. The van der Waals surface area contributed by atoms with Crippen LogP contribution >= 0.6 is 11.3 Å². The molecule has 22 heavy (non-hydrogen) atoms. The van der Waals surface area contributed by atoms with Crippen molar-refractivity contribution in [3.63, 3.8) is 0 Å². The lowest BCUT2D eigenvalue weighted by atomic mass is 10.1. The summed E-state index contributed by atoms with van der Waals surface area (Å²) in [5.74, 6) is -0.572. The lowest BCUT2D eigenvalue weighted by Gasteiger charge is -2.12. The van der Waals surface area contributed by atoms with Crippen molar-refractivity contribution in [2.45, 2.75) is 19.6 Å².